The molecule has 4 heterocycles. The van der Waals surface area contributed by atoms with Gasteiger partial charge in [-0.1, -0.05) is 0 Å². The van der Waals surface area contributed by atoms with Gasteiger partial charge in [-0.15, -0.1) is 0 Å². The van der Waals surface area contributed by atoms with Crippen molar-refractivity contribution in [2.75, 3.05) is 58.4 Å². The monoisotopic (exact) mass is 476 g/mol. The Labute approximate surface area is 185 Å². The number of pyridine rings is 1. The average molecular weight is 477 g/mol. The van der Waals surface area contributed by atoms with Crippen LogP contribution in [-0.4, -0.2) is 77.5 Å². The van der Waals surface area contributed by atoms with Gasteiger partial charge in [0.2, 0.25) is 0 Å². The molecule has 8 nitrogen and oxygen atoms in total. The molecule has 0 saturated carbocycles. The topological polar surface area (TPSA) is 80.2 Å². The number of ether oxygens (including phenoxy) is 2. The number of hydrogen-bond acceptors (Lipinski definition) is 6. The number of halogens is 1. The zero-order valence-corrected chi connectivity index (χ0v) is 19.4. The van der Waals surface area contributed by atoms with E-state index < -0.39 is 0 Å². The molecule has 4 rings (SSSR count). The van der Waals surface area contributed by atoms with E-state index in [1.54, 1.807) is 13.3 Å². The first-order chi connectivity index (χ1) is 14.6. The highest BCUT2D eigenvalue weighted by Gasteiger charge is 2.18. The molecule has 3 aromatic heterocycles. The van der Waals surface area contributed by atoms with Crippen molar-refractivity contribution in [3.8, 4) is 11.4 Å². The SMILES string of the molecule is COCCNc1c(Br)cnc2nc(-c3cc(C)n(CCN4CCOCC4)c3C)[nH]c12. The first kappa shape index (κ1) is 21.3. The van der Waals surface area contributed by atoms with Gasteiger partial charge in [-0.3, -0.25) is 4.90 Å². The summed E-state index contributed by atoms with van der Waals surface area (Å²) in [5.74, 6) is 0.844. The number of imidazole rings is 1. The molecule has 0 bridgehead atoms. The lowest BCUT2D eigenvalue weighted by Gasteiger charge is -2.27. The second-order valence-electron chi connectivity index (χ2n) is 7.58. The van der Waals surface area contributed by atoms with Gasteiger partial charge < -0.3 is 24.3 Å². The van der Waals surface area contributed by atoms with Crippen molar-refractivity contribution in [2.45, 2.75) is 20.4 Å². The molecule has 30 heavy (non-hydrogen) atoms. The van der Waals surface area contributed by atoms with Gasteiger partial charge in [0.15, 0.2) is 5.65 Å². The fourth-order valence-electron chi connectivity index (χ4n) is 3.96. The molecule has 0 aliphatic carbocycles. The Kier molecular flexibility index (Phi) is 6.72. The van der Waals surface area contributed by atoms with Crippen LogP contribution in [0, 0.1) is 13.8 Å². The Morgan fingerprint density at radius 1 is 1.27 bits per heavy atom. The summed E-state index contributed by atoms with van der Waals surface area (Å²) in [4.78, 5) is 15.2. The maximum absolute atomic E-state index is 5.46. The van der Waals surface area contributed by atoms with Crippen LogP contribution in [0.1, 0.15) is 11.4 Å². The molecule has 1 saturated heterocycles. The van der Waals surface area contributed by atoms with Crippen LogP contribution in [0.5, 0.6) is 0 Å². The Hall–Kier alpha value is -1.94. The van der Waals surface area contributed by atoms with Crippen LogP contribution in [-0.2, 0) is 16.0 Å². The lowest BCUT2D eigenvalue weighted by atomic mass is 10.2. The van der Waals surface area contributed by atoms with Crippen LogP contribution in [0.25, 0.3) is 22.6 Å². The Morgan fingerprint density at radius 3 is 2.83 bits per heavy atom. The highest BCUT2D eigenvalue weighted by molar-refractivity contribution is 9.10. The summed E-state index contributed by atoms with van der Waals surface area (Å²) < 4.78 is 13.9. The molecule has 0 unspecified atom stereocenters. The highest BCUT2D eigenvalue weighted by atomic mass is 79.9. The maximum Gasteiger partial charge on any atom is 0.180 e. The Morgan fingerprint density at radius 2 is 2.07 bits per heavy atom. The lowest BCUT2D eigenvalue weighted by molar-refractivity contribution is 0.0363. The lowest BCUT2D eigenvalue weighted by Crippen LogP contribution is -2.38. The summed E-state index contributed by atoms with van der Waals surface area (Å²) in [6.07, 6.45) is 1.79. The number of morpholine rings is 1. The number of aromatic nitrogens is 4. The van der Waals surface area contributed by atoms with Crippen LogP contribution in [0.2, 0.25) is 0 Å². The molecular weight excluding hydrogens is 448 g/mol. The van der Waals surface area contributed by atoms with Gasteiger partial charge in [0.05, 0.1) is 30.0 Å². The highest BCUT2D eigenvalue weighted by Crippen LogP contribution is 2.32. The molecule has 2 N–H and O–H groups in total. The molecule has 1 fully saturated rings. The van der Waals surface area contributed by atoms with Crippen LogP contribution in [0.4, 0.5) is 5.69 Å². The minimum atomic E-state index is 0.627. The van der Waals surface area contributed by atoms with Crippen molar-refractivity contribution in [3.05, 3.63) is 28.1 Å². The van der Waals surface area contributed by atoms with Gasteiger partial charge in [-0.2, -0.15) is 0 Å². The van der Waals surface area contributed by atoms with Crippen LogP contribution in [0.15, 0.2) is 16.7 Å². The molecule has 0 spiro atoms. The third-order valence-corrected chi connectivity index (χ3v) is 6.26. The van der Waals surface area contributed by atoms with Gasteiger partial charge >= 0.3 is 0 Å². The first-order valence-corrected chi connectivity index (χ1v) is 11.1. The number of hydrogen-bond donors (Lipinski definition) is 2. The van der Waals surface area contributed by atoms with Crippen molar-refractivity contribution < 1.29 is 9.47 Å². The van der Waals surface area contributed by atoms with E-state index in [-0.39, 0.29) is 0 Å². The van der Waals surface area contributed by atoms with Crippen LogP contribution >= 0.6 is 15.9 Å². The fourth-order valence-corrected chi connectivity index (χ4v) is 4.40. The Bertz CT molecular complexity index is 1010. The normalized spacial score (nSPS) is 15.2. The average Bonchev–Trinajstić information content (AvgIpc) is 3.30. The van der Waals surface area contributed by atoms with E-state index in [1.807, 2.05) is 0 Å². The third kappa shape index (κ3) is 4.39. The predicted octanol–water partition coefficient (Wildman–Crippen LogP) is 3.20. The van der Waals surface area contributed by atoms with Gasteiger partial charge in [-0.05, 0) is 35.8 Å². The molecular formula is C21H29BrN6O2. The second kappa shape index (κ2) is 9.47. The van der Waals surface area contributed by atoms with E-state index in [1.165, 1.54) is 11.4 Å². The zero-order chi connectivity index (χ0) is 21.1. The molecule has 0 atom stereocenters. The van der Waals surface area contributed by atoms with Crippen molar-refractivity contribution in [2.24, 2.45) is 0 Å². The van der Waals surface area contributed by atoms with Crippen LogP contribution in [0.3, 0.4) is 0 Å². The minimum Gasteiger partial charge on any atom is -0.383 e. The molecule has 0 radical (unpaired) electrons. The van der Waals surface area contributed by atoms with Gasteiger partial charge in [-0.25, -0.2) is 9.97 Å². The van der Waals surface area contributed by atoms with Gasteiger partial charge in [0.1, 0.15) is 11.3 Å². The second-order valence-corrected chi connectivity index (χ2v) is 8.43. The summed E-state index contributed by atoms with van der Waals surface area (Å²) >= 11 is 3.59. The van der Waals surface area contributed by atoms with E-state index in [0.29, 0.717) is 18.8 Å². The van der Waals surface area contributed by atoms with Crippen molar-refractivity contribution in [1.82, 2.24) is 24.4 Å². The van der Waals surface area contributed by atoms with Crippen molar-refractivity contribution in [1.29, 1.82) is 0 Å². The predicted molar refractivity (Wildman–Crippen MR) is 122 cm³/mol. The number of fused-ring (bicyclic) bond motifs is 1. The number of nitrogens with zero attached hydrogens (tertiary/aromatic N) is 4. The third-order valence-electron chi connectivity index (χ3n) is 5.65. The Balaban J connectivity index is 1.59. The number of rotatable bonds is 8. The minimum absolute atomic E-state index is 0.627. The maximum atomic E-state index is 5.46. The van der Waals surface area contributed by atoms with Crippen molar-refractivity contribution >= 4 is 32.8 Å². The summed E-state index contributed by atoms with van der Waals surface area (Å²) in [5, 5.41) is 3.41. The fraction of sp³-hybridized carbons (Fsp3) is 0.524. The number of aryl methyl sites for hydroxylation is 1. The van der Waals surface area contributed by atoms with E-state index in [2.05, 4.69) is 60.6 Å². The molecule has 0 aromatic carbocycles. The quantitative estimate of drug-likeness (QED) is 0.486. The van der Waals surface area contributed by atoms with E-state index in [0.717, 1.165) is 66.5 Å². The number of H-pyrrole nitrogens is 1. The summed E-state index contributed by atoms with van der Waals surface area (Å²) in [7, 11) is 1.70. The number of aromatic amines is 1. The smallest absolute Gasteiger partial charge is 0.180 e. The number of nitrogens with one attached hydrogen (secondary N) is 2. The largest absolute Gasteiger partial charge is 0.383 e. The number of anilines is 1. The van der Waals surface area contributed by atoms with Crippen molar-refractivity contribution in [3.63, 3.8) is 0 Å². The first-order valence-electron chi connectivity index (χ1n) is 10.3. The molecule has 1 aliphatic heterocycles. The van der Waals surface area contributed by atoms with Gasteiger partial charge in [0, 0.05) is 63.0 Å². The van der Waals surface area contributed by atoms with E-state index in [9.17, 15) is 0 Å². The molecule has 9 heteroatoms. The van der Waals surface area contributed by atoms with E-state index >= 15 is 0 Å². The summed E-state index contributed by atoms with van der Waals surface area (Å²) in [6.45, 7) is 11.3. The van der Waals surface area contributed by atoms with Crippen LogP contribution < -0.4 is 5.32 Å². The molecule has 162 valence electrons. The standard InChI is InChI=1S/C21H29BrN6O2/c1-14-12-16(15(2)28(14)6-5-27-7-10-30-11-8-27)20-25-19-18(23-4-9-29-3)17(22)13-24-21(19)26-20/h12-13H,4-11H2,1-3H3,(H2,23,24,25,26). The number of methoxy groups -OCH3 is 1. The summed E-state index contributed by atoms with van der Waals surface area (Å²) in [6, 6.07) is 2.21. The van der Waals surface area contributed by atoms with E-state index in [4.69, 9.17) is 14.5 Å². The van der Waals surface area contributed by atoms with Gasteiger partial charge in [0.25, 0.3) is 0 Å². The molecule has 0 amide bonds. The zero-order valence-electron chi connectivity index (χ0n) is 17.8. The molecule has 3 aromatic rings. The molecule has 1 aliphatic rings. The summed E-state index contributed by atoms with van der Waals surface area (Å²) in [5.41, 5.74) is 6.12.